The third-order valence-electron chi connectivity index (χ3n) is 3.67. The molecule has 3 aromatic heterocycles. The third-order valence-corrected chi connectivity index (χ3v) is 3.67. The summed E-state index contributed by atoms with van der Waals surface area (Å²) in [7, 11) is 2.04. The van der Waals surface area contributed by atoms with Crippen molar-refractivity contribution in [1.29, 1.82) is 0 Å². The lowest BCUT2D eigenvalue weighted by molar-refractivity contribution is 0.112. The molecular formula is C15H15N3O. The number of nitrogens with zero attached hydrogens (tertiary/aromatic N) is 3. The molecule has 0 N–H and O–H groups in total. The van der Waals surface area contributed by atoms with E-state index in [9.17, 15) is 4.79 Å². The van der Waals surface area contributed by atoms with Crippen LogP contribution in [-0.2, 0) is 7.05 Å². The first-order chi connectivity index (χ1) is 9.10. The zero-order valence-electron chi connectivity index (χ0n) is 11.2. The Kier molecular flexibility index (Phi) is 2.52. The molecule has 0 aliphatic rings. The molecule has 0 bridgehead atoms. The molecule has 0 aromatic carbocycles. The molecule has 96 valence electrons. The summed E-state index contributed by atoms with van der Waals surface area (Å²) in [6.07, 6.45) is 4.68. The second-order valence-corrected chi connectivity index (χ2v) is 4.83. The predicted molar refractivity (Wildman–Crippen MR) is 74.5 cm³/mol. The van der Waals surface area contributed by atoms with Crippen LogP contribution < -0.4 is 0 Å². The number of carbonyl (C=O) groups excluding carboxylic acids is 1. The van der Waals surface area contributed by atoms with Gasteiger partial charge in [0.1, 0.15) is 17.6 Å². The van der Waals surface area contributed by atoms with E-state index in [4.69, 9.17) is 0 Å². The molecule has 0 amide bonds. The number of aromatic nitrogens is 3. The van der Waals surface area contributed by atoms with Gasteiger partial charge >= 0.3 is 0 Å². The van der Waals surface area contributed by atoms with E-state index in [1.54, 1.807) is 12.1 Å². The van der Waals surface area contributed by atoms with Crippen LogP contribution in [0.15, 0.2) is 30.6 Å². The predicted octanol–water partition coefficient (Wildman–Crippen LogP) is 2.77. The Labute approximate surface area is 111 Å². The van der Waals surface area contributed by atoms with Crippen LogP contribution in [0.3, 0.4) is 0 Å². The Morgan fingerprint density at radius 3 is 2.68 bits per heavy atom. The standard InChI is InChI=1S/C15H15N3O/c1-10-6-14(17(3)11(10)2)13-8-18-5-4-12(9-19)7-15(18)16-13/h4-9H,1-3H3. The summed E-state index contributed by atoms with van der Waals surface area (Å²) in [6.45, 7) is 4.19. The summed E-state index contributed by atoms with van der Waals surface area (Å²) >= 11 is 0. The number of carbonyl (C=O) groups is 1. The fourth-order valence-electron chi connectivity index (χ4n) is 2.29. The number of rotatable bonds is 2. The van der Waals surface area contributed by atoms with Crippen molar-refractivity contribution in [2.45, 2.75) is 13.8 Å². The molecule has 0 fully saturated rings. The first-order valence-corrected chi connectivity index (χ1v) is 6.17. The lowest BCUT2D eigenvalue weighted by Gasteiger charge is -2.01. The van der Waals surface area contributed by atoms with Gasteiger partial charge < -0.3 is 8.97 Å². The molecule has 4 nitrogen and oxygen atoms in total. The first kappa shape index (κ1) is 11.7. The van der Waals surface area contributed by atoms with Crippen LogP contribution in [-0.4, -0.2) is 20.2 Å². The highest BCUT2D eigenvalue weighted by atomic mass is 16.1. The molecular weight excluding hydrogens is 238 g/mol. The van der Waals surface area contributed by atoms with Crippen molar-refractivity contribution in [2.24, 2.45) is 7.05 Å². The van der Waals surface area contributed by atoms with Crippen LogP contribution >= 0.6 is 0 Å². The van der Waals surface area contributed by atoms with E-state index in [2.05, 4.69) is 29.5 Å². The average molecular weight is 253 g/mol. The number of fused-ring (bicyclic) bond motifs is 1. The van der Waals surface area contributed by atoms with Gasteiger partial charge in [0.2, 0.25) is 0 Å². The summed E-state index contributed by atoms with van der Waals surface area (Å²) in [6, 6.07) is 5.71. The Morgan fingerprint density at radius 1 is 1.26 bits per heavy atom. The maximum atomic E-state index is 10.8. The highest BCUT2D eigenvalue weighted by Crippen LogP contribution is 2.24. The second-order valence-electron chi connectivity index (χ2n) is 4.83. The van der Waals surface area contributed by atoms with Crippen LogP contribution in [0.2, 0.25) is 0 Å². The maximum Gasteiger partial charge on any atom is 0.150 e. The lowest BCUT2D eigenvalue weighted by atomic mass is 10.2. The quantitative estimate of drug-likeness (QED) is 0.659. The third kappa shape index (κ3) is 1.76. The van der Waals surface area contributed by atoms with Crippen molar-refractivity contribution in [3.8, 4) is 11.4 Å². The van der Waals surface area contributed by atoms with Gasteiger partial charge in [0, 0.05) is 30.7 Å². The fourth-order valence-corrected chi connectivity index (χ4v) is 2.29. The van der Waals surface area contributed by atoms with Crippen molar-refractivity contribution in [2.75, 3.05) is 0 Å². The van der Waals surface area contributed by atoms with Crippen LogP contribution in [0, 0.1) is 13.8 Å². The molecule has 0 atom stereocenters. The molecule has 3 heterocycles. The van der Waals surface area contributed by atoms with E-state index in [1.807, 2.05) is 23.8 Å². The van der Waals surface area contributed by atoms with Gasteiger partial charge in [0.25, 0.3) is 0 Å². The minimum Gasteiger partial charge on any atom is -0.346 e. The number of imidazole rings is 1. The zero-order chi connectivity index (χ0) is 13.6. The van der Waals surface area contributed by atoms with E-state index >= 15 is 0 Å². The van der Waals surface area contributed by atoms with E-state index in [0.29, 0.717) is 5.56 Å². The molecule has 0 spiro atoms. The van der Waals surface area contributed by atoms with Crippen molar-refractivity contribution in [3.63, 3.8) is 0 Å². The maximum absolute atomic E-state index is 10.8. The number of hydrogen-bond acceptors (Lipinski definition) is 2. The number of aryl methyl sites for hydroxylation is 1. The summed E-state index contributed by atoms with van der Waals surface area (Å²) in [5.41, 5.74) is 5.93. The van der Waals surface area contributed by atoms with Gasteiger partial charge in [-0.1, -0.05) is 0 Å². The van der Waals surface area contributed by atoms with Crippen molar-refractivity contribution < 1.29 is 4.79 Å². The molecule has 0 saturated heterocycles. The second kappa shape index (κ2) is 4.09. The van der Waals surface area contributed by atoms with Gasteiger partial charge in [-0.25, -0.2) is 4.98 Å². The largest absolute Gasteiger partial charge is 0.346 e. The molecule has 19 heavy (non-hydrogen) atoms. The SMILES string of the molecule is Cc1cc(-c2cn3ccc(C=O)cc3n2)n(C)c1C. The Bertz CT molecular complexity index is 780. The number of pyridine rings is 1. The molecule has 0 radical (unpaired) electrons. The van der Waals surface area contributed by atoms with Gasteiger partial charge in [-0.05, 0) is 37.6 Å². The molecule has 0 aliphatic carbocycles. The normalized spacial score (nSPS) is 11.1. The highest BCUT2D eigenvalue weighted by molar-refractivity contribution is 5.77. The van der Waals surface area contributed by atoms with Gasteiger partial charge in [-0.3, -0.25) is 4.79 Å². The topological polar surface area (TPSA) is 39.3 Å². The van der Waals surface area contributed by atoms with Crippen LogP contribution in [0.4, 0.5) is 0 Å². The van der Waals surface area contributed by atoms with Crippen LogP contribution in [0.1, 0.15) is 21.6 Å². The average Bonchev–Trinajstić information content (AvgIpc) is 2.94. The zero-order valence-corrected chi connectivity index (χ0v) is 11.2. The Morgan fingerprint density at radius 2 is 2.05 bits per heavy atom. The van der Waals surface area contributed by atoms with E-state index < -0.39 is 0 Å². The number of hydrogen-bond donors (Lipinski definition) is 0. The smallest absolute Gasteiger partial charge is 0.150 e. The van der Waals surface area contributed by atoms with Crippen LogP contribution in [0.5, 0.6) is 0 Å². The molecule has 0 unspecified atom stereocenters. The summed E-state index contributed by atoms with van der Waals surface area (Å²) in [5.74, 6) is 0. The van der Waals surface area contributed by atoms with Gasteiger partial charge in [-0.2, -0.15) is 0 Å². The first-order valence-electron chi connectivity index (χ1n) is 6.17. The summed E-state index contributed by atoms with van der Waals surface area (Å²) in [5, 5.41) is 0. The Balaban J connectivity index is 2.20. The highest BCUT2D eigenvalue weighted by Gasteiger charge is 2.11. The summed E-state index contributed by atoms with van der Waals surface area (Å²) < 4.78 is 4.07. The molecule has 3 aromatic rings. The van der Waals surface area contributed by atoms with Crippen molar-refractivity contribution in [1.82, 2.24) is 14.0 Å². The fraction of sp³-hybridized carbons (Fsp3) is 0.200. The number of aldehydes is 1. The van der Waals surface area contributed by atoms with Crippen molar-refractivity contribution in [3.05, 3.63) is 47.4 Å². The lowest BCUT2D eigenvalue weighted by Crippen LogP contribution is -1.94. The van der Waals surface area contributed by atoms with E-state index in [0.717, 1.165) is 23.3 Å². The minimum absolute atomic E-state index is 0.642. The van der Waals surface area contributed by atoms with Crippen molar-refractivity contribution >= 4 is 11.9 Å². The van der Waals surface area contributed by atoms with Gasteiger partial charge in [-0.15, -0.1) is 0 Å². The Hall–Kier alpha value is -2.36. The monoisotopic (exact) mass is 253 g/mol. The minimum atomic E-state index is 0.642. The molecule has 0 saturated carbocycles. The molecule has 4 heteroatoms. The molecule has 0 aliphatic heterocycles. The molecule has 3 rings (SSSR count). The van der Waals surface area contributed by atoms with Crippen LogP contribution in [0.25, 0.3) is 17.0 Å². The van der Waals surface area contributed by atoms with Gasteiger partial charge in [0.15, 0.2) is 0 Å². The van der Waals surface area contributed by atoms with E-state index in [-0.39, 0.29) is 0 Å². The van der Waals surface area contributed by atoms with E-state index in [1.165, 1.54) is 11.3 Å². The summed E-state index contributed by atoms with van der Waals surface area (Å²) in [4.78, 5) is 15.4. The van der Waals surface area contributed by atoms with Gasteiger partial charge in [0.05, 0.1) is 5.69 Å².